The van der Waals surface area contributed by atoms with Crippen LogP contribution in [0.15, 0.2) is 18.5 Å². The first-order valence-electron chi connectivity index (χ1n) is 8.33. The number of hydrogen-bond donors (Lipinski definition) is 1. The first-order valence-corrected chi connectivity index (χ1v) is 8.33. The molecule has 2 fully saturated rings. The van der Waals surface area contributed by atoms with E-state index in [0.29, 0.717) is 6.04 Å². The van der Waals surface area contributed by atoms with Gasteiger partial charge in [0.1, 0.15) is 0 Å². The molecule has 1 unspecified atom stereocenters. The van der Waals surface area contributed by atoms with Crippen molar-refractivity contribution >= 4 is 0 Å². The third kappa shape index (κ3) is 3.64. The van der Waals surface area contributed by atoms with E-state index in [0.717, 1.165) is 38.1 Å². The van der Waals surface area contributed by atoms with E-state index in [1.165, 1.54) is 37.7 Å². The molecule has 0 spiro atoms. The summed E-state index contributed by atoms with van der Waals surface area (Å²) in [5.41, 5.74) is 1.49. The number of nitrogens with one attached hydrogen (secondary N) is 1. The van der Waals surface area contributed by atoms with Crippen molar-refractivity contribution in [1.29, 1.82) is 0 Å². The van der Waals surface area contributed by atoms with Gasteiger partial charge in [0.2, 0.25) is 0 Å². The molecule has 3 rings (SSSR count). The van der Waals surface area contributed by atoms with Crippen molar-refractivity contribution in [2.75, 3.05) is 19.8 Å². The number of ether oxygens (including phenoxy) is 1. The molecule has 112 valence electrons. The predicted octanol–water partition coefficient (Wildman–Crippen LogP) is 3.37. The van der Waals surface area contributed by atoms with Crippen molar-refractivity contribution in [3.63, 3.8) is 0 Å². The van der Waals surface area contributed by atoms with Crippen molar-refractivity contribution in [2.45, 2.75) is 51.6 Å². The molecule has 0 amide bonds. The van der Waals surface area contributed by atoms with Crippen molar-refractivity contribution < 1.29 is 4.74 Å². The number of aromatic nitrogens is 1. The molecule has 1 N–H and O–H groups in total. The van der Waals surface area contributed by atoms with Crippen LogP contribution in [0.5, 0.6) is 0 Å². The highest BCUT2D eigenvalue weighted by Crippen LogP contribution is 2.41. The second-order valence-corrected chi connectivity index (χ2v) is 6.47. The van der Waals surface area contributed by atoms with E-state index in [2.05, 4.69) is 35.3 Å². The molecular weight excluding hydrogens is 248 g/mol. The maximum Gasteiger partial charge on any atom is 0.0469 e. The highest BCUT2D eigenvalue weighted by molar-refractivity contribution is 5.18. The van der Waals surface area contributed by atoms with Crippen molar-refractivity contribution in [1.82, 2.24) is 9.88 Å². The number of nitrogens with zero attached hydrogens (tertiary/aromatic N) is 1. The van der Waals surface area contributed by atoms with E-state index in [1.54, 1.807) is 0 Å². The summed E-state index contributed by atoms with van der Waals surface area (Å²) in [5.74, 6) is 1.67. The standard InChI is InChI=1S/C17H28N2O/c1-2-8-18-17(15-3-4-15)16-5-9-19(13-16)12-14-6-10-20-11-7-14/h5,9,13-15,17-18H,2-4,6-8,10-12H2,1H3. The van der Waals surface area contributed by atoms with Crippen LogP contribution in [-0.4, -0.2) is 24.3 Å². The number of hydrogen-bond acceptors (Lipinski definition) is 2. The lowest BCUT2D eigenvalue weighted by atomic mass is 10.0. The topological polar surface area (TPSA) is 26.2 Å². The molecule has 3 nitrogen and oxygen atoms in total. The Kier molecular flexibility index (Phi) is 4.79. The minimum atomic E-state index is 0.589. The van der Waals surface area contributed by atoms with Crippen LogP contribution in [0.1, 0.15) is 50.6 Å². The molecule has 1 aromatic rings. The first kappa shape index (κ1) is 14.2. The van der Waals surface area contributed by atoms with Gasteiger partial charge in [-0.2, -0.15) is 0 Å². The van der Waals surface area contributed by atoms with Gasteiger partial charge >= 0.3 is 0 Å². The molecule has 1 aliphatic carbocycles. The second kappa shape index (κ2) is 6.77. The van der Waals surface area contributed by atoms with Gasteiger partial charge in [-0.1, -0.05) is 6.92 Å². The zero-order valence-electron chi connectivity index (χ0n) is 12.7. The fraction of sp³-hybridized carbons (Fsp3) is 0.765. The van der Waals surface area contributed by atoms with Crippen LogP contribution in [0, 0.1) is 11.8 Å². The van der Waals surface area contributed by atoms with Crippen LogP contribution < -0.4 is 5.32 Å². The van der Waals surface area contributed by atoms with E-state index in [4.69, 9.17) is 4.74 Å². The van der Waals surface area contributed by atoms with Gasteiger partial charge < -0.3 is 14.6 Å². The smallest absolute Gasteiger partial charge is 0.0469 e. The summed E-state index contributed by atoms with van der Waals surface area (Å²) >= 11 is 0. The molecule has 2 heterocycles. The Hall–Kier alpha value is -0.800. The molecule has 2 aliphatic rings. The van der Waals surface area contributed by atoms with Gasteiger partial charge in [0, 0.05) is 38.2 Å². The maximum absolute atomic E-state index is 5.45. The fourth-order valence-corrected chi connectivity index (χ4v) is 3.27. The van der Waals surface area contributed by atoms with Crippen LogP contribution >= 0.6 is 0 Å². The Morgan fingerprint density at radius 1 is 1.30 bits per heavy atom. The van der Waals surface area contributed by atoms with Crippen molar-refractivity contribution in [2.24, 2.45) is 11.8 Å². The largest absolute Gasteiger partial charge is 0.381 e. The zero-order chi connectivity index (χ0) is 13.8. The molecule has 1 saturated carbocycles. The van der Waals surface area contributed by atoms with E-state index >= 15 is 0 Å². The summed E-state index contributed by atoms with van der Waals surface area (Å²) < 4.78 is 7.84. The summed E-state index contributed by atoms with van der Waals surface area (Å²) in [4.78, 5) is 0. The molecule has 1 saturated heterocycles. The second-order valence-electron chi connectivity index (χ2n) is 6.47. The van der Waals surface area contributed by atoms with Crippen LogP contribution in [-0.2, 0) is 11.3 Å². The molecule has 3 heteroatoms. The monoisotopic (exact) mass is 276 g/mol. The first-order chi connectivity index (χ1) is 9.86. The Bertz CT molecular complexity index is 405. The van der Waals surface area contributed by atoms with Gasteiger partial charge in [0.05, 0.1) is 0 Å². The molecule has 0 aromatic carbocycles. The molecule has 1 aliphatic heterocycles. The maximum atomic E-state index is 5.45. The Balaban J connectivity index is 1.59. The normalized spacial score (nSPS) is 22.1. The van der Waals surface area contributed by atoms with Crippen LogP contribution in [0.3, 0.4) is 0 Å². The van der Waals surface area contributed by atoms with E-state index in [1.807, 2.05) is 0 Å². The average molecular weight is 276 g/mol. The quantitative estimate of drug-likeness (QED) is 0.826. The summed E-state index contributed by atoms with van der Waals surface area (Å²) in [7, 11) is 0. The Morgan fingerprint density at radius 2 is 2.10 bits per heavy atom. The van der Waals surface area contributed by atoms with Crippen LogP contribution in [0.25, 0.3) is 0 Å². The molecule has 0 radical (unpaired) electrons. The molecule has 20 heavy (non-hydrogen) atoms. The minimum absolute atomic E-state index is 0.589. The lowest BCUT2D eigenvalue weighted by molar-refractivity contribution is 0.0613. The summed E-state index contributed by atoms with van der Waals surface area (Å²) in [6.07, 6.45) is 11.1. The summed E-state index contributed by atoms with van der Waals surface area (Å²) in [6.45, 7) is 6.43. The molecule has 1 aromatic heterocycles. The highest BCUT2D eigenvalue weighted by Gasteiger charge is 2.32. The van der Waals surface area contributed by atoms with Gasteiger partial charge in [0.25, 0.3) is 0 Å². The SMILES string of the molecule is CCCNC(c1ccn(CC2CCOCC2)c1)C1CC1. The molecule has 1 atom stereocenters. The van der Waals surface area contributed by atoms with E-state index in [9.17, 15) is 0 Å². The van der Waals surface area contributed by atoms with Gasteiger partial charge in [-0.25, -0.2) is 0 Å². The summed E-state index contributed by atoms with van der Waals surface area (Å²) in [6, 6.07) is 2.91. The average Bonchev–Trinajstić information content (AvgIpc) is 3.21. The zero-order valence-corrected chi connectivity index (χ0v) is 12.7. The lowest BCUT2D eigenvalue weighted by Crippen LogP contribution is -2.23. The predicted molar refractivity (Wildman–Crippen MR) is 81.7 cm³/mol. The van der Waals surface area contributed by atoms with Gasteiger partial charge in [-0.3, -0.25) is 0 Å². The third-order valence-corrected chi connectivity index (χ3v) is 4.65. The molecular formula is C17H28N2O. The van der Waals surface area contributed by atoms with Crippen LogP contribution in [0.4, 0.5) is 0 Å². The third-order valence-electron chi connectivity index (χ3n) is 4.65. The van der Waals surface area contributed by atoms with Crippen molar-refractivity contribution in [3.05, 3.63) is 24.0 Å². The van der Waals surface area contributed by atoms with Crippen molar-refractivity contribution in [3.8, 4) is 0 Å². The number of rotatable bonds is 7. The van der Waals surface area contributed by atoms with Crippen LogP contribution in [0.2, 0.25) is 0 Å². The lowest BCUT2D eigenvalue weighted by Gasteiger charge is -2.22. The van der Waals surface area contributed by atoms with E-state index in [-0.39, 0.29) is 0 Å². The highest BCUT2D eigenvalue weighted by atomic mass is 16.5. The Labute approximate surface area is 122 Å². The molecule has 0 bridgehead atoms. The van der Waals surface area contributed by atoms with Gasteiger partial charge in [0.15, 0.2) is 0 Å². The fourth-order valence-electron chi connectivity index (χ4n) is 3.27. The van der Waals surface area contributed by atoms with Gasteiger partial charge in [-0.05, 0) is 62.1 Å². The Morgan fingerprint density at radius 3 is 2.80 bits per heavy atom. The van der Waals surface area contributed by atoms with E-state index < -0.39 is 0 Å². The summed E-state index contributed by atoms with van der Waals surface area (Å²) in [5, 5.41) is 3.73. The minimum Gasteiger partial charge on any atom is -0.381 e. The van der Waals surface area contributed by atoms with Gasteiger partial charge in [-0.15, -0.1) is 0 Å².